The predicted molar refractivity (Wildman–Crippen MR) is 70.4 cm³/mol. The third kappa shape index (κ3) is 2.12. The SMILES string of the molecule is O=c1oc2ccc(F)cc2cc1S(=O)(=O)N1CCCC1. The van der Waals surface area contributed by atoms with Crippen molar-refractivity contribution in [3.8, 4) is 0 Å². The van der Waals surface area contributed by atoms with Gasteiger partial charge in [0.1, 0.15) is 11.4 Å². The van der Waals surface area contributed by atoms with Gasteiger partial charge >= 0.3 is 5.63 Å². The zero-order valence-electron chi connectivity index (χ0n) is 10.5. The minimum Gasteiger partial charge on any atom is -0.422 e. The van der Waals surface area contributed by atoms with Crippen LogP contribution in [-0.4, -0.2) is 25.8 Å². The first kappa shape index (κ1) is 13.3. The fourth-order valence-corrected chi connectivity index (χ4v) is 3.87. The van der Waals surface area contributed by atoms with Crippen molar-refractivity contribution in [2.24, 2.45) is 0 Å². The molecule has 0 saturated carbocycles. The molecule has 1 aromatic carbocycles. The molecule has 0 bridgehead atoms. The average molecular weight is 297 g/mol. The number of hydrogen-bond acceptors (Lipinski definition) is 4. The Morgan fingerprint density at radius 2 is 1.85 bits per heavy atom. The summed E-state index contributed by atoms with van der Waals surface area (Å²) >= 11 is 0. The summed E-state index contributed by atoms with van der Waals surface area (Å²) in [6.07, 6.45) is 1.54. The minimum atomic E-state index is -3.87. The number of sulfonamides is 1. The molecule has 0 radical (unpaired) electrons. The Hall–Kier alpha value is -1.73. The second-order valence-electron chi connectivity index (χ2n) is 4.69. The van der Waals surface area contributed by atoms with Crippen molar-refractivity contribution in [1.29, 1.82) is 0 Å². The molecule has 1 saturated heterocycles. The lowest BCUT2D eigenvalue weighted by molar-refractivity contribution is 0.467. The summed E-state index contributed by atoms with van der Waals surface area (Å²) in [4.78, 5) is 11.4. The molecule has 1 aliphatic rings. The van der Waals surface area contributed by atoms with Gasteiger partial charge in [0, 0.05) is 18.5 Å². The van der Waals surface area contributed by atoms with Gasteiger partial charge in [0.05, 0.1) is 0 Å². The van der Waals surface area contributed by atoms with E-state index in [1.807, 2.05) is 0 Å². The van der Waals surface area contributed by atoms with Crippen LogP contribution in [0.3, 0.4) is 0 Å². The molecule has 1 fully saturated rings. The van der Waals surface area contributed by atoms with E-state index in [1.165, 1.54) is 16.4 Å². The third-order valence-corrected chi connectivity index (χ3v) is 5.23. The highest BCUT2D eigenvalue weighted by atomic mass is 32.2. The van der Waals surface area contributed by atoms with Crippen LogP contribution in [0.2, 0.25) is 0 Å². The number of nitrogens with zero attached hydrogens (tertiary/aromatic N) is 1. The molecule has 5 nitrogen and oxygen atoms in total. The van der Waals surface area contributed by atoms with Crippen LogP contribution in [-0.2, 0) is 10.0 Å². The molecule has 0 spiro atoms. The number of halogens is 1. The van der Waals surface area contributed by atoms with E-state index in [9.17, 15) is 17.6 Å². The molecule has 7 heteroatoms. The predicted octanol–water partition coefficient (Wildman–Crippen LogP) is 1.72. The first-order valence-electron chi connectivity index (χ1n) is 6.22. The standard InChI is InChI=1S/C13H12FNO4S/c14-10-3-4-11-9(7-10)8-12(13(16)19-11)20(17,18)15-5-1-2-6-15/h3-4,7-8H,1-2,5-6H2. The Kier molecular flexibility index (Phi) is 3.10. The molecule has 3 rings (SSSR count). The van der Waals surface area contributed by atoms with Crippen molar-refractivity contribution < 1.29 is 17.2 Å². The molecule has 0 atom stereocenters. The highest BCUT2D eigenvalue weighted by molar-refractivity contribution is 7.89. The van der Waals surface area contributed by atoms with Gasteiger partial charge in [0.25, 0.3) is 0 Å². The van der Waals surface area contributed by atoms with E-state index in [0.29, 0.717) is 13.1 Å². The van der Waals surface area contributed by atoms with Crippen LogP contribution in [0, 0.1) is 5.82 Å². The topological polar surface area (TPSA) is 67.6 Å². The summed E-state index contributed by atoms with van der Waals surface area (Å²) in [6.45, 7) is 0.784. The molecular weight excluding hydrogens is 285 g/mol. The molecule has 1 aromatic heterocycles. The summed E-state index contributed by atoms with van der Waals surface area (Å²) in [7, 11) is -3.87. The smallest absolute Gasteiger partial charge is 0.356 e. The van der Waals surface area contributed by atoms with Crippen LogP contribution in [0.25, 0.3) is 11.0 Å². The molecule has 2 aromatic rings. The van der Waals surface area contributed by atoms with Crippen molar-refractivity contribution in [3.63, 3.8) is 0 Å². The van der Waals surface area contributed by atoms with E-state index in [1.54, 1.807) is 0 Å². The maximum atomic E-state index is 13.2. The van der Waals surface area contributed by atoms with Crippen LogP contribution in [0.15, 0.2) is 38.4 Å². The van der Waals surface area contributed by atoms with Crippen molar-refractivity contribution in [2.75, 3.05) is 13.1 Å². The number of benzene rings is 1. The molecule has 0 N–H and O–H groups in total. The Labute approximate surface area is 114 Å². The van der Waals surface area contributed by atoms with E-state index in [0.717, 1.165) is 25.0 Å². The lowest BCUT2D eigenvalue weighted by Gasteiger charge is -2.14. The van der Waals surface area contributed by atoms with Gasteiger partial charge in [-0.25, -0.2) is 17.6 Å². The van der Waals surface area contributed by atoms with Crippen LogP contribution in [0.4, 0.5) is 4.39 Å². The average Bonchev–Trinajstić information content (AvgIpc) is 2.93. The number of fused-ring (bicyclic) bond motifs is 1. The molecule has 0 amide bonds. The van der Waals surface area contributed by atoms with Crippen LogP contribution in [0.1, 0.15) is 12.8 Å². The third-order valence-electron chi connectivity index (χ3n) is 3.35. The molecule has 1 aliphatic heterocycles. The van der Waals surface area contributed by atoms with Crippen molar-refractivity contribution in [2.45, 2.75) is 17.7 Å². The number of rotatable bonds is 2. The van der Waals surface area contributed by atoms with E-state index in [4.69, 9.17) is 4.42 Å². The van der Waals surface area contributed by atoms with Gasteiger partial charge < -0.3 is 4.42 Å². The molecule has 2 heterocycles. The Bertz CT molecular complexity index is 822. The highest BCUT2D eigenvalue weighted by Crippen LogP contribution is 2.22. The van der Waals surface area contributed by atoms with Gasteiger partial charge in [-0.15, -0.1) is 0 Å². The van der Waals surface area contributed by atoms with Crippen LogP contribution in [0.5, 0.6) is 0 Å². The van der Waals surface area contributed by atoms with Gasteiger partial charge in [0.2, 0.25) is 10.0 Å². The molecule has 0 unspecified atom stereocenters. The lowest BCUT2D eigenvalue weighted by Crippen LogP contribution is -2.31. The monoisotopic (exact) mass is 297 g/mol. The van der Waals surface area contributed by atoms with Gasteiger partial charge in [-0.2, -0.15) is 4.31 Å². The Morgan fingerprint density at radius 3 is 2.55 bits per heavy atom. The fraction of sp³-hybridized carbons (Fsp3) is 0.308. The first-order chi connectivity index (χ1) is 9.48. The van der Waals surface area contributed by atoms with Crippen molar-refractivity contribution in [3.05, 3.63) is 40.5 Å². The second kappa shape index (κ2) is 4.68. The molecule has 20 heavy (non-hydrogen) atoms. The molecular formula is C13H12FNO4S. The highest BCUT2D eigenvalue weighted by Gasteiger charge is 2.30. The van der Waals surface area contributed by atoms with Gasteiger partial charge in [-0.1, -0.05) is 0 Å². The molecule has 0 aliphatic carbocycles. The minimum absolute atomic E-state index is 0.164. The quantitative estimate of drug-likeness (QED) is 0.792. The number of hydrogen-bond donors (Lipinski definition) is 0. The van der Waals surface area contributed by atoms with E-state index in [-0.39, 0.29) is 11.0 Å². The summed E-state index contributed by atoms with van der Waals surface area (Å²) in [5.74, 6) is -0.518. The maximum absolute atomic E-state index is 13.2. The Balaban J connectivity index is 2.20. The maximum Gasteiger partial charge on any atom is 0.356 e. The van der Waals surface area contributed by atoms with E-state index >= 15 is 0 Å². The zero-order chi connectivity index (χ0) is 14.3. The Morgan fingerprint density at radius 1 is 1.15 bits per heavy atom. The first-order valence-corrected chi connectivity index (χ1v) is 7.66. The fourth-order valence-electron chi connectivity index (χ4n) is 2.32. The summed E-state index contributed by atoms with van der Waals surface area (Å²) in [5.41, 5.74) is -0.757. The second-order valence-corrected chi connectivity index (χ2v) is 6.60. The van der Waals surface area contributed by atoms with E-state index < -0.39 is 26.4 Å². The van der Waals surface area contributed by atoms with Gasteiger partial charge in [0.15, 0.2) is 4.90 Å². The summed E-state index contributed by atoms with van der Waals surface area (Å²) in [6, 6.07) is 4.78. The molecule has 106 valence electrons. The summed E-state index contributed by atoms with van der Waals surface area (Å²) < 4.78 is 44.1. The van der Waals surface area contributed by atoms with Crippen LogP contribution < -0.4 is 5.63 Å². The largest absolute Gasteiger partial charge is 0.422 e. The van der Waals surface area contributed by atoms with Gasteiger partial charge in [-0.05, 0) is 37.1 Å². The zero-order valence-corrected chi connectivity index (χ0v) is 11.3. The van der Waals surface area contributed by atoms with Crippen molar-refractivity contribution in [1.82, 2.24) is 4.31 Å². The van der Waals surface area contributed by atoms with E-state index in [2.05, 4.69) is 0 Å². The lowest BCUT2D eigenvalue weighted by atomic mass is 10.2. The van der Waals surface area contributed by atoms with Gasteiger partial charge in [-0.3, -0.25) is 0 Å². The van der Waals surface area contributed by atoms with Crippen LogP contribution >= 0.6 is 0 Å². The summed E-state index contributed by atoms with van der Waals surface area (Å²) in [5, 5.41) is 0.252. The van der Waals surface area contributed by atoms with Crippen molar-refractivity contribution >= 4 is 21.0 Å². The normalized spacial score (nSPS) is 16.9.